The number of aromatic nitrogens is 2. The van der Waals surface area contributed by atoms with Gasteiger partial charge >= 0.3 is 0 Å². The standard InChI is InChI=1S/C27H28N4O4S/c1-18-14-19(26(33)30-16-20-6-2-3-8-22(20)27(17-30)11-12-27)9-10-24(18)36(34,35)29-25(32)23-15-21-7-4-5-13-31(21)28-23/h2-3,6,8-10,14-15H,4-5,7,11-13,16-17H2,1H3,(H,29,32). The molecule has 2 aliphatic heterocycles. The Morgan fingerprint density at radius 1 is 1.06 bits per heavy atom. The van der Waals surface area contributed by atoms with E-state index < -0.39 is 15.9 Å². The maximum Gasteiger partial charge on any atom is 0.285 e. The quantitative estimate of drug-likeness (QED) is 0.587. The summed E-state index contributed by atoms with van der Waals surface area (Å²) in [6.45, 7) is 3.58. The van der Waals surface area contributed by atoms with Crippen molar-refractivity contribution in [1.82, 2.24) is 19.4 Å². The molecule has 1 aromatic heterocycles. The van der Waals surface area contributed by atoms with Crippen LogP contribution in [-0.4, -0.2) is 41.5 Å². The van der Waals surface area contributed by atoms with Gasteiger partial charge in [-0.15, -0.1) is 0 Å². The number of nitrogens with one attached hydrogen (secondary N) is 1. The number of aryl methyl sites for hydroxylation is 3. The van der Waals surface area contributed by atoms with Gasteiger partial charge in [0.05, 0.1) is 4.90 Å². The van der Waals surface area contributed by atoms with Gasteiger partial charge in [0.25, 0.3) is 21.8 Å². The lowest BCUT2D eigenvalue weighted by Crippen LogP contribution is -2.41. The Bertz CT molecular complexity index is 1480. The highest BCUT2D eigenvalue weighted by atomic mass is 32.2. The van der Waals surface area contributed by atoms with Gasteiger partial charge in [0.15, 0.2) is 5.69 Å². The molecule has 2 aromatic carbocycles. The van der Waals surface area contributed by atoms with Crippen molar-refractivity contribution in [3.63, 3.8) is 0 Å². The maximum atomic E-state index is 13.4. The Kier molecular flexibility index (Phi) is 5.29. The molecule has 6 rings (SSSR count). The number of hydrogen-bond acceptors (Lipinski definition) is 5. The Morgan fingerprint density at radius 3 is 2.61 bits per heavy atom. The van der Waals surface area contributed by atoms with Gasteiger partial charge in [-0.25, -0.2) is 13.1 Å². The third-order valence-corrected chi connectivity index (χ3v) is 9.16. The zero-order valence-corrected chi connectivity index (χ0v) is 21.0. The van der Waals surface area contributed by atoms with Crippen molar-refractivity contribution in [2.75, 3.05) is 6.54 Å². The molecular weight excluding hydrogens is 476 g/mol. The van der Waals surface area contributed by atoms with E-state index in [0.29, 0.717) is 24.2 Å². The van der Waals surface area contributed by atoms with Crippen LogP contribution in [0.4, 0.5) is 0 Å². The molecule has 3 heterocycles. The lowest BCUT2D eigenvalue weighted by Gasteiger charge is -2.35. The minimum absolute atomic E-state index is 0.0287. The maximum absolute atomic E-state index is 13.4. The predicted octanol–water partition coefficient (Wildman–Crippen LogP) is 3.33. The van der Waals surface area contributed by atoms with E-state index >= 15 is 0 Å². The highest BCUT2D eigenvalue weighted by Gasteiger charge is 2.49. The van der Waals surface area contributed by atoms with E-state index in [4.69, 9.17) is 0 Å². The summed E-state index contributed by atoms with van der Waals surface area (Å²) in [5, 5.41) is 4.26. The fraction of sp³-hybridized carbons (Fsp3) is 0.370. The molecule has 9 heteroatoms. The zero-order chi connectivity index (χ0) is 25.1. The number of fused-ring (bicyclic) bond motifs is 3. The summed E-state index contributed by atoms with van der Waals surface area (Å²) >= 11 is 0. The molecule has 186 valence electrons. The van der Waals surface area contributed by atoms with Crippen molar-refractivity contribution >= 4 is 21.8 Å². The van der Waals surface area contributed by atoms with E-state index in [1.54, 1.807) is 23.7 Å². The van der Waals surface area contributed by atoms with Crippen LogP contribution in [0.25, 0.3) is 0 Å². The first-order chi connectivity index (χ1) is 17.3. The summed E-state index contributed by atoms with van der Waals surface area (Å²) in [7, 11) is -4.13. The molecule has 0 saturated heterocycles. The van der Waals surface area contributed by atoms with Crippen LogP contribution in [0.1, 0.15) is 68.9 Å². The van der Waals surface area contributed by atoms with E-state index in [0.717, 1.165) is 44.3 Å². The summed E-state index contributed by atoms with van der Waals surface area (Å²) in [6, 6.07) is 14.5. The number of carbonyl (C=O) groups is 2. The fourth-order valence-electron chi connectivity index (χ4n) is 5.63. The topological polar surface area (TPSA) is 101 Å². The van der Waals surface area contributed by atoms with Crippen molar-refractivity contribution in [2.24, 2.45) is 0 Å². The van der Waals surface area contributed by atoms with Crippen LogP contribution in [0.15, 0.2) is 53.4 Å². The van der Waals surface area contributed by atoms with Crippen molar-refractivity contribution in [2.45, 2.75) is 62.4 Å². The van der Waals surface area contributed by atoms with Crippen LogP contribution in [0.3, 0.4) is 0 Å². The molecule has 0 atom stereocenters. The molecule has 1 saturated carbocycles. The SMILES string of the molecule is Cc1cc(C(=O)N2Cc3ccccc3C3(CC3)C2)ccc1S(=O)(=O)NC(=O)c1cc2n(n1)CCCC2. The van der Waals surface area contributed by atoms with Crippen LogP contribution in [0, 0.1) is 6.92 Å². The number of sulfonamides is 1. The van der Waals surface area contributed by atoms with E-state index in [1.807, 2.05) is 11.0 Å². The molecule has 1 aliphatic carbocycles. The summed E-state index contributed by atoms with van der Waals surface area (Å²) in [4.78, 5) is 27.9. The Morgan fingerprint density at radius 2 is 1.86 bits per heavy atom. The van der Waals surface area contributed by atoms with Crippen LogP contribution in [0.5, 0.6) is 0 Å². The highest BCUT2D eigenvalue weighted by Crippen LogP contribution is 2.52. The first kappa shape index (κ1) is 23.0. The smallest absolute Gasteiger partial charge is 0.285 e. The fourth-order valence-corrected chi connectivity index (χ4v) is 6.82. The van der Waals surface area contributed by atoms with E-state index in [2.05, 4.69) is 28.0 Å². The van der Waals surface area contributed by atoms with Gasteiger partial charge in [0.1, 0.15) is 0 Å². The van der Waals surface area contributed by atoms with Gasteiger partial charge < -0.3 is 4.90 Å². The van der Waals surface area contributed by atoms with E-state index in [1.165, 1.54) is 23.3 Å². The molecule has 8 nitrogen and oxygen atoms in total. The number of rotatable bonds is 4. The number of nitrogens with zero attached hydrogens (tertiary/aromatic N) is 3. The molecule has 1 fully saturated rings. The van der Waals surface area contributed by atoms with Gasteiger partial charge in [-0.05, 0) is 80.0 Å². The number of hydrogen-bond donors (Lipinski definition) is 1. The molecule has 2 amide bonds. The van der Waals surface area contributed by atoms with Gasteiger partial charge in [-0.3, -0.25) is 14.3 Å². The average molecular weight is 505 g/mol. The average Bonchev–Trinajstić information content (AvgIpc) is 3.48. The van der Waals surface area contributed by atoms with E-state index in [-0.39, 0.29) is 21.9 Å². The molecule has 0 radical (unpaired) electrons. The van der Waals surface area contributed by atoms with E-state index in [9.17, 15) is 18.0 Å². The van der Waals surface area contributed by atoms with Gasteiger partial charge in [0.2, 0.25) is 0 Å². The normalized spacial score (nSPS) is 17.9. The van der Waals surface area contributed by atoms with Crippen molar-refractivity contribution < 1.29 is 18.0 Å². The summed E-state index contributed by atoms with van der Waals surface area (Å²) in [5.41, 5.74) is 4.46. The molecule has 36 heavy (non-hydrogen) atoms. The summed E-state index contributed by atoms with van der Waals surface area (Å²) < 4.78 is 30.0. The van der Waals surface area contributed by atoms with Crippen LogP contribution in [-0.2, 0) is 34.9 Å². The second-order valence-corrected chi connectivity index (χ2v) is 11.9. The van der Waals surface area contributed by atoms with Crippen LogP contribution < -0.4 is 4.72 Å². The third-order valence-electron chi connectivity index (χ3n) is 7.67. The highest BCUT2D eigenvalue weighted by molar-refractivity contribution is 7.90. The second-order valence-electron chi connectivity index (χ2n) is 10.2. The van der Waals surface area contributed by atoms with Crippen molar-refractivity contribution in [3.8, 4) is 0 Å². The van der Waals surface area contributed by atoms with Crippen molar-refractivity contribution in [1.29, 1.82) is 0 Å². The Hall–Kier alpha value is -3.46. The minimum Gasteiger partial charge on any atom is -0.333 e. The first-order valence-corrected chi connectivity index (χ1v) is 13.9. The van der Waals surface area contributed by atoms with Gasteiger partial charge in [0, 0.05) is 36.3 Å². The molecule has 0 unspecified atom stereocenters. The third kappa shape index (κ3) is 3.91. The van der Waals surface area contributed by atoms with Crippen LogP contribution >= 0.6 is 0 Å². The van der Waals surface area contributed by atoms with Gasteiger partial charge in [-0.1, -0.05) is 24.3 Å². The zero-order valence-electron chi connectivity index (χ0n) is 20.2. The molecule has 0 bridgehead atoms. The number of amides is 2. The van der Waals surface area contributed by atoms with Crippen molar-refractivity contribution in [3.05, 3.63) is 82.2 Å². The predicted molar refractivity (Wildman–Crippen MR) is 133 cm³/mol. The Balaban J connectivity index is 1.20. The lowest BCUT2D eigenvalue weighted by molar-refractivity contribution is 0.0709. The molecular formula is C27H28N4O4S. The largest absolute Gasteiger partial charge is 0.333 e. The molecule has 1 spiro atoms. The minimum atomic E-state index is -4.13. The monoisotopic (exact) mass is 504 g/mol. The number of carbonyl (C=O) groups excluding carboxylic acids is 2. The molecule has 3 aromatic rings. The molecule has 1 N–H and O–H groups in total. The summed E-state index contributed by atoms with van der Waals surface area (Å²) in [6.07, 6.45) is 4.99. The lowest BCUT2D eigenvalue weighted by atomic mass is 9.87. The van der Waals surface area contributed by atoms with Gasteiger partial charge in [-0.2, -0.15) is 5.10 Å². The number of benzene rings is 2. The second kappa shape index (κ2) is 8.30. The summed E-state index contributed by atoms with van der Waals surface area (Å²) in [5.74, 6) is -0.867. The first-order valence-electron chi connectivity index (χ1n) is 12.4. The van der Waals surface area contributed by atoms with Crippen LogP contribution in [0.2, 0.25) is 0 Å². The molecule has 3 aliphatic rings. The Labute approximate surface area is 210 Å².